The first kappa shape index (κ1) is 16.3. The fraction of sp³-hybridized carbons (Fsp3) is 0.429. The van der Waals surface area contributed by atoms with Crippen LogP contribution in [0.3, 0.4) is 0 Å². The zero-order valence-electron chi connectivity index (χ0n) is 11.8. The summed E-state index contributed by atoms with van der Waals surface area (Å²) in [5, 5.41) is 3.11. The zero-order valence-corrected chi connectivity index (χ0v) is 11.8. The number of alkyl halides is 3. The van der Waals surface area contributed by atoms with Gasteiger partial charge in [-0.05, 0) is 49.5 Å². The van der Waals surface area contributed by atoms with Crippen molar-refractivity contribution in [1.82, 2.24) is 5.32 Å². The number of carbonyl (C=O) groups excluding carboxylic acids is 1. The van der Waals surface area contributed by atoms with Crippen LogP contribution in [0.2, 0.25) is 0 Å². The van der Waals surface area contributed by atoms with Gasteiger partial charge in [0.1, 0.15) is 0 Å². The van der Waals surface area contributed by atoms with Crippen molar-refractivity contribution >= 4 is 11.9 Å². The van der Waals surface area contributed by atoms with E-state index in [2.05, 4.69) is 10.3 Å². The molecule has 8 heteroatoms. The lowest BCUT2D eigenvalue weighted by Gasteiger charge is -2.26. The van der Waals surface area contributed by atoms with Crippen LogP contribution in [0.1, 0.15) is 40.2 Å². The Balaban J connectivity index is 2.43. The molecule has 1 fully saturated rings. The number of piperidine rings is 1. The summed E-state index contributed by atoms with van der Waals surface area (Å²) in [6.07, 6.45) is -3.27. The van der Waals surface area contributed by atoms with Gasteiger partial charge in [0.05, 0.1) is 5.56 Å². The Bertz CT molecular complexity index is 588. The highest BCUT2D eigenvalue weighted by atomic mass is 19.4. The van der Waals surface area contributed by atoms with Gasteiger partial charge in [-0.3, -0.25) is 4.79 Å². The number of guanidine groups is 1. The third kappa shape index (κ3) is 3.76. The molecule has 0 saturated carbocycles. The van der Waals surface area contributed by atoms with Crippen molar-refractivity contribution in [2.75, 3.05) is 13.1 Å². The molecule has 0 unspecified atom stereocenters. The maximum absolute atomic E-state index is 13.3. The smallest absolute Gasteiger partial charge is 0.370 e. The van der Waals surface area contributed by atoms with Gasteiger partial charge in [0.25, 0.3) is 5.91 Å². The number of aliphatic imine (C=N–C) groups is 1. The number of halogens is 3. The summed E-state index contributed by atoms with van der Waals surface area (Å²) in [6, 6.07) is 3.52. The average Bonchev–Trinajstić information content (AvgIpc) is 2.46. The molecule has 0 aromatic heterocycles. The predicted octanol–water partition coefficient (Wildman–Crippen LogP) is 1.59. The third-order valence-corrected chi connectivity index (χ3v) is 3.62. The minimum Gasteiger partial charge on any atom is -0.370 e. The maximum Gasteiger partial charge on any atom is 0.416 e. The summed E-state index contributed by atoms with van der Waals surface area (Å²) >= 11 is 0. The van der Waals surface area contributed by atoms with Crippen molar-refractivity contribution < 1.29 is 18.0 Å². The Morgan fingerprint density at radius 2 is 1.86 bits per heavy atom. The SMILES string of the molecule is NC(N)=NC(=O)c1ccc(C2CCNCC2)c(C(F)(F)F)c1. The van der Waals surface area contributed by atoms with E-state index in [0.29, 0.717) is 25.9 Å². The first-order valence-corrected chi connectivity index (χ1v) is 6.85. The first-order valence-electron chi connectivity index (χ1n) is 6.85. The van der Waals surface area contributed by atoms with E-state index in [4.69, 9.17) is 11.5 Å². The lowest BCUT2D eigenvalue weighted by Crippen LogP contribution is -2.28. The molecule has 0 atom stereocenters. The second-order valence-corrected chi connectivity index (χ2v) is 5.17. The molecule has 1 aliphatic heterocycles. The fourth-order valence-electron chi connectivity index (χ4n) is 2.61. The van der Waals surface area contributed by atoms with Crippen LogP contribution < -0.4 is 16.8 Å². The maximum atomic E-state index is 13.3. The van der Waals surface area contributed by atoms with Crippen LogP contribution in [-0.4, -0.2) is 25.0 Å². The van der Waals surface area contributed by atoms with Gasteiger partial charge in [-0.1, -0.05) is 6.07 Å². The molecule has 1 heterocycles. The molecule has 1 aromatic carbocycles. The molecule has 0 bridgehead atoms. The predicted molar refractivity (Wildman–Crippen MR) is 76.4 cm³/mol. The highest BCUT2D eigenvalue weighted by Crippen LogP contribution is 2.38. The monoisotopic (exact) mass is 314 g/mol. The molecule has 5 N–H and O–H groups in total. The summed E-state index contributed by atoms with van der Waals surface area (Å²) in [5.41, 5.74) is 9.40. The topological polar surface area (TPSA) is 93.5 Å². The number of nitrogens with one attached hydrogen (secondary N) is 1. The van der Waals surface area contributed by atoms with Crippen molar-refractivity contribution in [3.8, 4) is 0 Å². The van der Waals surface area contributed by atoms with E-state index >= 15 is 0 Å². The molecule has 1 amide bonds. The van der Waals surface area contributed by atoms with Gasteiger partial charge < -0.3 is 16.8 Å². The molecule has 2 rings (SSSR count). The molecule has 0 spiro atoms. The normalized spacial score (nSPS) is 16.3. The Morgan fingerprint density at radius 1 is 1.23 bits per heavy atom. The molecule has 120 valence electrons. The minimum atomic E-state index is -4.53. The van der Waals surface area contributed by atoms with Crippen LogP contribution in [0.5, 0.6) is 0 Å². The number of hydrogen-bond acceptors (Lipinski definition) is 2. The van der Waals surface area contributed by atoms with Crippen molar-refractivity contribution in [2.24, 2.45) is 16.5 Å². The summed E-state index contributed by atoms with van der Waals surface area (Å²) in [5.74, 6) is -1.55. The van der Waals surface area contributed by atoms with E-state index in [9.17, 15) is 18.0 Å². The van der Waals surface area contributed by atoms with E-state index in [-0.39, 0.29) is 17.0 Å². The molecule has 5 nitrogen and oxygen atoms in total. The van der Waals surface area contributed by atoms with E-state index in [0.717, 1.165) is 6.07 Å². The molecule has 0 radical (unpaired) electrons. The highest BCUT2D eigenvalue weighted by Gasteiger charge is 2.36. The van der Waals surface area contributed by atoms with Crippen LogP contribution >= 0.6 is 0 Å². The number of nitrogens with two attached hydrogens (primary N) is 2. The average molecular weight is 314 g/mol. The van der Waals surface area contributed by atoms with Crippen molar-refractivity contribution in [3.63, 3.8) is 0 Å². The van der Waals surface area contributed by atoms with Crippen molar-refractivity contribution in [2.45, 2.75) is 24.9 Å². The second-order valence-electron chi connectivity index (χ2n) is 5.17. The lowest BCUT2D eigenvalue weighted by molar-refractivity contribution is -0.138. The lowest BCUT2D eigenvalue weighted by atomic mass is 9.86. The Kier molecular flexibility index (Phi) is 4.70. The Hall–Kier alpha value is -2.09. The Morgan fingerprint density at radius 3 is 2.41 bits per heavy atom. The number of nitrogens with zero attached hydrogens (tertiary/aromatic N) is 1. The fourth-order valence-corrected chi connectivity index (χ4v) is 2.61. The van der Waals surface area contributed by atoms with E-state index in [1.807, 2.05) is 0 Å². The first-order chi connectivity index (χ1) is 10.3. The molecule has 1 aliphatic rings. The molecule has 1 aromatic rings. The summed E-state index contributed by atoms with van der Waals surface area (Å²) in [4.78, 5) is 15.0. The van der Waals surface area contributed by atoms with Gasteiger partial charge in [0.2, 0.25) is 0 Å². The largest absolute Gasteiger partial charge is 0.416 e. The van der Waals surface area contributed by atoms with Crippen molar-refractivity contribution in [1.29, 1.82) is 0 Å². The second kappa shape index (κ2) is 6.35. The standard InChI is InChI=1S/C14H17F3N4O/c15-14(16,17)11-7-9(12(22)21-13(18)19)1-2-10(11)8-3-5-20-6-4-8/h1-2,7-8,20H,3-6H2,(H4,18,19,21,22). The van der Waals surface area contributed by atoms with E-state index in [1.54, 1.807) is 0 Å². The van der Waals surface area contributed by atoms with Gasteiger partial charge in [0.15, 0.2) is 5.96 Å². The van der Waals surface area contributed by atoms with E-state index < -0.39 is 23.6 Å². The van der Waals surface area contributed by atoms with Crippen LogP contribution in [0.25, 0.3) is 0 Å². The quantitative estimate of drug-likeness (QED) is 0.571. The van der Waals surface area contributed by atoms with Crippen LogP contribution in [0.15, 0.2) is 23.2 Å². The highest BCUT2D eigenvalue weighted by molar-refractivity contribution is 6.02. The van der Waals surface area contributed by atoms with Crippen LogP contribution in [0.4, 0.5) is 13.2 Å². The van der Waals surface area contributed by atoms with Crippen molar-refractivity contribution in [3.05, 3.63) is 34.9 Å². The Labute approximate surface area is 125 Å². The minimum absolute atomic E-state index is 0.176. The van der Waals surface area contributed by atoms with Gasteiger partial charge in [0, 0.05) is 5.56 Å². The van der Waals surface area contributed by atoms with Gasteiger partial charge in [-0.2, -0.15) is 18.2 Å². The number of amides is 1. The molecule has 0 aliphatic carbocycles. The van der Waals surface area contributed by atoms with E-state index in [1.165, 1.54) is 12.1 Å². The number of hydrogen-bond donors (Lipinski definition) is 3. The van der Waals surface area contributed by atoms with Gasteiger partial charge in [-0.15, -0.1) is 0 Å². The third-order valence-electron chi connectivity index (χ3n) is 3.62. The van der Waals surface area contributed by atoms with Gasteiger partial charge >= 0.3 is 6.18 Å². The van der Waals surface area contributed by atoms with Crippen LogP contribution in [-0.2, 0) is 6.18 Å². The number of rotatable bonds is 2. The van der Waals surface area contributed by atoms with Crippen LogP contribution in [0, 0.1) is 0 Å². The van der Waals surface area contributed by atoms with Gasteiger partial charge in [-0.25, -0.2) is 0 Å². The molecule has 22 heavy (non-hydrogen) atoms. The summed E-state index contributed by atoms with van der Waals surface area (Å²) in [6.45, 7) is 1.35. The summed E-state index contributed by atoms with van der Waals surface area (Å²) in [7, 11) is 0. The number of carbonyl (C=O) groups is 1. The molecular formula is C14H17F3N4O. The molecular weight excluding hydrogens is 297 g/mol. The molecule has 1 saturated heterocycles. The number of benzene rings is 1. The summed E-state index contributed by atoms with van der Waals surface area (Å²) < 4.78 is 39.9. The zero-order chi connectivity index (χ0) is 16.3.